The topological polar surface area (TPSA) is 49.4 Å². The van der Waals surface area contributed by atoms with Crippen LogP contribution < -0.4 is 9.62 Å². The number of anilines is 1. The van der Waals surface area contributed by atoms with Gasteiger partial charge in [-0.05, 0) is 43.0 Å². The minimum Gasteiger partial charge on any atom is -0.372 e. The molecule has 0 aromatic heterocycles. The van der Waals surface area contributed by atoms with E-state index >= 15 is 0 Å². The van der Waals surface area contributed by atoms with Gasteiger partial charge >= 0.3 is 0 Å². The molecule has 0 amide bonds. The highest BCUT2D eigenvalue weighted by atomic mass is 32.2. The molecule has 6 heteroatoms. The van der Waals surface area contributed by atoms with Crippen LogP contribution in [0.4, 0.5) is 10.1 Å². The van der Waals surface area contributed by atoms with Crippen molar-refractivity contribution < 1.29 is 12.8 Å². The first kappa shape index (κ1) is 19.8. The number of hydrogen-bond donors (Lipinski definition) is 1. The van der Waals surface area contributed by atoms with E-state index in [-0.39, 0.29) is 11.3 Å². The molecule has 27 heavy (non-hydrogen) atoms. The Kier molecular flexibility index (Phi) is 6.85. The molecule has 3 rings (SSSR count). The van der Waals surface area contributed by atoms with Crippen molar-refractivity contribution in [1.29, 1.82) is 0 Å². The molecule has 0 saturated carbocycles. The molecule has 4 nitrogen and oxygen atoms in total. The third-order valence-corrected chi connectivity index (χ3v) is 6.28. The fourth-order valence-electron chi connectivity index (χ4n) is 3.42. The van der Waals surface area contributed by atoms with Crippen LogP contribution in [0.3, 0.4) is 0 Å². The van der Waals surface area contributed by atoms with Crippen molar-refractivity contribution in [3.05, 3.63) is 65.5 Å². The van der Waals surface area contributed by atoms with Crippen molar-refractivity contribution in [3.8, 4) is 0 Å². The van der Waals surface area contributed by atoms with E-state index in [1.165, 1.54) is 43.5 Å². The molecule has 0 radical (unpaired) electrons. The number of nitrogens with one attached hydrogen (secondary N) is 1. The van der Waals surface area contributed by atoms with E-state index in [1.807, 2.05) is 0 Å². The molecule has 0 spiro atoms. The monoisotopic (exact) mass is 390 g/mol. The van der Waals surface area contributed by atoms with E-state index in [0.717, 1.165) is 18.7 Å². The van der Waals surface area contributed by atoms with E-state index in [0.29, 0.717) is 13.0 Å². The van der Waals surface area contributed by atoms with Crippen LogP contribution in [0, 0.1) is 5.82 Å². The molecule has 1 heterocycles. The number of hydrogen-bond acceptors (Lipinski definition) is 3. The van der Waals surface area contributed by atoms with Crippen LogP contribution >= 0.6 is 0 Å². The maximum Gasteiger partial charge on any atom is 0.215 e. The van der Waals surface area contributed by atoms with E-state index in [4.69, 9.17) is 0 Å². The number of sulfonamides is 1. The van der Waals surface area contributed by atoms with Gasteiger partial charge in [0.15, 0.2) is 0 Å². The fourth-order valence-corrected chi connectivity index (χ4v) is 4.58. The first-order valence-corrected chi connectivity index (χ1v) is 11.2. The summed E-state index contributed by atoms with van der Waals surface area (Å²) in [4.78, 5) is 2.42. The quantitative estimate of drug-likeness (QED) is 0.781. The average molecular weight is 391 g/mol. The number of nitrogens with zero attached hydrogens (tertiary/aromatic N) is 1. The van der Waals surface area contributed by atoms with Gasteiger partial charge in [0.05, 0.1) is 5.75 Å². The summed E-state index contributed by atoms with van der Waals surface area (Å²) in [6.07, 6.45) is 5.71. The molecular formula is C21H27FN2O2S. The molecule has 0 aliphatic carbocycles. The van der Waals surface area contributed by atoms with Crippen LogP contribution in [0.2, 0.25) is 0 Å². The number of halogens is 1. The second-order valence-corrected chi connectivity index (χ2v) is 8.87. The van der Waals surface area contributed by atoms with Crippen molar-refractivity contribution in [2.75, 3.05) is 24.5 Å². The zero-order valence-corrected chi connectivity index (χ0v) is 16.3. The molecule has 0 atom stereocenters. The second kappa shape index (κ2) is 9.33. The Bertz CT molecular complexity index is 830. The van der Waals surface area contributed by atoms with Crippen molar-refractivity contribution in [3.63, 3.8) is 0 Å². The highest BCUT2D eigenvalue weighted by Gasteiger charge is 2.14. The minimum atomic E-state index is -3.55. The third-order valence-electron chi connectivity index (χ3n) is 4.95. The lowest BCUT2D eigenvalue weighted by molar-refractivity contribution is 0.574. The highest BCUT2D eigenvalue weighted by Crippen LogP contribution is 2.20. The minimum absolute atomic E-state index is 0.187. The van der Waals surface area contributed by atoms with Crippen LogP contribution in [0.15, 0.2) is 48.5 Å². The largest absolute Gasteiger partial charge is 0.372 e. The maximum absolute atomic E-state index is 13.6. The summed E-state index contributed by atoms with van der Waals surface area (Å²) in [6, 6.07) is 14.3. The Labute approximate surface area is 161 Å². The Morgan fingerprint density at radius 3 is 2.26 bits per heavy atom. The zero-order chi connectivity index (χ0) is 19.1. The SMILES string of the molecule is O=S(=O)(Cc1ccccc1F)NCCc1ccc(N2CCCCCC2)cc1. The normalized spacial score (nSPS) is 15.5. The molecule has 1 fully saturated rings. The predicted octanol–water partition coefficient (Wildman–Crippen LogP) is 3.87. The van der Waals surface area contributed by atoms with Gasteiger partial charge in [-0.2, -0.15) is 0 Å². The van der Waals surface area contributed by atoms with Crippen molar-refractivity contribution >= 4 is 15.7 Å². The molecule has 2 aromatic carbocycles. The van der Waals surface area contributed by atoms with Gasteiger partial charge in [-0.25, -0.2) is 17.5 Å². The highest BCUT2D eigenvalue weighted by molar-refractivity contribution is 7.88. The van der Waals surface area contributed by atoms with Gasteiger partial charge in [0.1, 0.15) is 5.82 Å². The molecular weight excluding hydrogens is 363 g/mol. The van der Waals surface area contributed by atoms with Crippen LogP contribution in [0.1, 0.15) is 36.8 Å². The summed E-state index contributed by atoms with van der Waals surface area (Å²) >= 11 is 0. The summed E-state index contributed by atoms with van der Waals surface area (Å²) in [5.74, 6) is -0.833. The molecule has 0 unspecified atom stereocenters. The number of benzene rings is 2. The fraction of sp³-hybridized carbons (Fsp3) is 0.429. The lowest BCUT2D eigenvalue weighted by Crippen LogP contribution is -2.27. The predicted molar refractivity (Wildman–Crippen MR) is 108 cm³/mol. The molecule has 1 N–H and O–H groups in total. The molecule has 1 aliphatic heterocycles. The lowest BCUT2D eigenvalue weighted by Gasteiger charge is -2.22. The zero-order valence-electron chi connectivity index (χ0n) is 15.5. The standard InChI is InChI=1S/C21H27FN2O2S/c22-21-8-4-3-7-19(21)17-27(25,26)23-14-13-18-9-11-20(12-10-18)24-15-5-1-2-6-16-24/h3-4,7-12,23H,1-2,5-6,13-17H2. The van der Waals surface area contributed by atoms with Crippen LogP contribution in [-0.2, 0) is 22.2 Å². The molecule has 146 valence electrons. The summed E-state index contributed by atoms with van der Waals surface area (Å²) in [7, 11) is -3.55. The van der Waals surface area contributed by atoms with Crippen molar-refractivity contribution in [2.45, 2.75) is 37.9 Å². The van der Waals surface area contributed by atoms with Gasteiger partial charge in [-0.15, -0.1) is 0 Å². The molecule has 1 aliphatic rings. The Hall–Kier alpha value is -1.92. The molecule has 2 aromatic rings. The smallest absolute Gasteiger partial charge is 0.215 e. The summed E-state index contributed by atoms with van der Waals surface area (Å²) in [5, 5.41) is 0. The van der Waals surface area contributed by atoms with Crippen molar-refractivity contribution in [1.82, 2.24) is 4.72 Å². The van der Waals surface area contributed by atoms with Gasteiger partial charge in [-0.3, -0.25) is 0 Å². The van der Waals surface area contributed by atoms with E-state index < -0.39 is 15.8 Å². The Morgan fingerprint density at radius 1 is 0.926 bits per heavy atom. The van der Waals surface area contributed by atoms with E-state index in [2.05, 4.69) is 33.9 Å². The Morgan fingerprint density at radius 2 is 1.59 bits per heavy atom. The first-order valence-electron chi connectivity index (χ1n) is 9.58. The van der Waals surface area contributed by atoms with Gasteiger partial charge < -0.3 is 4.90 Å². The van der Waals surface area contributed by atoms with Gasteiger partial charge in [-0.1, -0.05) is 43.2 Å². The lowest BCUT2D eigenvalue weighted by atomic mass is 10.1. The summed E-state index contributed by atoms with van der Waals surface area (Å²) < 4.78 is 40.5. The van der Waals surface area contributed by atoms with Crippen LogP contribution in [0.5, 0.6) is 0 Å². The molecule has 0 bridgehead atoms. The van der Waals surface area contributed by atoms with Crippen LogP contribution in [0.25, 0.3) is 0 Å². The summed E-state index contributed by atoms with van der Waals surface area (Å²) in [6.45, 7) is 2.52. The van der Waals surface area contributed by atoms with Gasteiger partial charge in [0.25, 0.3) is 0 Å². The summed E-state index contributed by atoms with van der Waals surface area (Å²) in [5.41, 5.74) is 2.51. The van der Waals surface area contributed by atoms with Crippen molar-refractivity contribution in [2.24, 2.45) is 0 Å². The van der Waals surface area contributed by atoms with Gasteiger partial charge in [0, 0.05) is 30.9 Å². The third kappa shape index (κ3) is 6.04. The Balaban J connectivity index is 1.50. The van der Waals surface area contributed by atoms with E-state index in [1.54, 1.807) is 12.1 Å². The first-order chi connectivity index (χ1) is 13.0. The van der Waals surface area contributed by atoms with E-state index in [9.17, 15) is 12.8 Å². The second-order valence-electron chi connectivity index (χ2n) is 7.06. The van der Waals surface area contributed by atoms with Crippen LogP contribution in [-0.4, -0.2) is 28.1 Å². The van der Waals surface area contributed by atoms with Gasteiger partial charge in [0.2, 0.25) is 10.0 Å². The average Bonchev–Trinajstić information content (AvgIpc) is 2.93. The maximum atomic E-state index is 13.6. The molecule has 1 saturated heterocycles. The number of rotatable bonds is 7.